The number of carbonyl (C=O) groups excluding carboxylic acids is 1. The van der Waals surface area contributed by atoms with E-state index in [2.05, 4.69) is 5.48 Å². The van der Waals surface area contributed by atoms with Crippen LogP contribution in [0, 0.1) is 11.6 Å². The highest BCUT2D eigenvalue weighted by atomic mass is 35.5. The molecule has 0 aromatic heterocycles. The molecule has 2 fully saturated rings. The summed E-state index contributed by atoms with van der Waals surface area (Å²) in [4.78, 5) is 20.6. The number of thioether (sulfide) groups is 1. The first-order valence-electron chi connectivity index (χ1n) is 9.67. The molecule has 2 aromatic carbocycles. The molecule has 5 rings (SSSR count). The van der Waals surface area contributed by atoms with E-state index in [1.54, 1.807) is 34.9 Å². The fourth-order valence-electron chi connectivity index (χ4n) is 4.55. The van der Waals surface area contributed by atoms with Crippen molar-refractivity contribution >= 4 is 52.0 Å². The summed E-state index contributed by atoms with van der Waals surface area (Å²) in [5.74, 6) is -3.23. The number of fused-ring (bicyclic) bond motifs is 1. The highest BCUT2D eigenvalue weighted by Gasteiger charge is 2.69. The molecular weight excluding hydrogens is 481 g/mol. The van der Waals surface area contributed by atoms with Crippen LogP contribution in [0.4, 0.5) is 8.78 Å². The summed E-state index contributed by atoms with van der Waals surface area (Å²) in [6, 6.07) is 7.97. The van der Waals surface area contributed by atoms with Crippen LogP contribution in [-0.4, -0.2) is 45.4 Å². The number of nitrogens with one attached hydrogen (secondary N) is 1. The molecule has 32 heavy (non-hydrogen) atoms. The maximum absolute atomic E-state index is 15.0. The van der Waals surface area contributed by atoms with Gasteiger partial charge in [-0.1, -0.05) is 35.3 Å². The summed E-state index contributed by atoms with van der Waals surface area (Å²) >= 11 is 14.7. The third-order valence-electron chi connectivity index (χ3n) is 5.91. The van der Waals surface area contributed by atoms with Crippen molar-refractivity contribution in [2.75, 3.05) is 18.2 Å². The average molecular weight is 497 g/mol. The van der Waals surface area contributed by atoms with Gasteiger partial charge in [-0.3, -0.25) is 9.69 Å². The smallest absolute Gasteiger partial charge is 0.274 e. The topological polar surface area (TPSA) is 61.8 Å². The first kappa shape index (κ1) is 21.9. The van der Waals surface area contributed by atoms with Gasteiger partial charge in [0.05, 0.1) is 0 Å². The molecule has 2 atom stereocenters. The molecule has 5 nitrogen and oxygen atoms in total. The number of rotatable bonds is 3. The van der Waals surface area contributed by atoms with Gasteiger partial charge in [0.15, 0.2) is 5.54 Å². The zero-order valence-electron chi connectivity index (χ0n) is 16.4. The molecule has 2 aliphatic heterocycles. The van der Waals surface area contributed by atoms with Crippen LogP contribution in [-0.2, 0) is 9.63 Å². The van der Waals surface area contributed by atoms with Crippen LogP contribution < -0.4 is 5.48 Å². The highest BCUT2D eigenvalue weighted by Crippen LogP contribution is 2.55. The van der Waals surface area contributed by atoms with Gasteiger partial charge in [0.25, 0.3) is 5.91 Å². The number of amides is 1. The number of allylic oxidation sites excluding steroid dienone is 2. The lowest BCUT2D eigenvalue weighted by molar-refractivity contribution is -0.200. The van der Waals surface area contributed by atoms with Gasteiger partial charge in [-0.2, -0.15) is 0 Å². The minimum atomic E-state index is -2.12. The van der Waals surface area contributed by atoms with Crippen LogP contribution in [0.1, 0.15) is 11.1 Å². The summed E-state index contributed by atoms with van der Waals surface area (Å²) in [6.07, 6.45) is 2.73. The molecule has 1 amide bonds. The molecule has 3 aliphatic rings. The Balaban J connectivity index is 1.93. The van der Waals surface area contributed by atoms with E-state index in [1.807, 2.05) is 0 Å². The zero-order chi connectivity index (χ0) is 22.7. The zero-order valence-corrected chi connectivity index (χ0v) is 18.7. The average Bonchev–Trinajstić information content (AvgIpc) is 3.36. The molecule has 0 radical (unpaired) electrons. The fourth-order valence-corrected chi connectivity index (χ4v) is 6.16. The Hall–Kier alpha value is -1.94. The van der Waals surface area contributed by atoms with Crippen molar-refractivity contribution in [3.05, 3.63) is 81.4 Å². The van der Waals surface area contributed by atoms with Crippen molar-refractivity contribution in [2.24, 2.45) is 0 Å². The summed E-state index contributed by atoms with van der Waals surface area (Å²) < 4.78 is 28.6. The molecule has 166 valence electrons. The standard InChI is InChI=1S/C22H16Cl2F2N2O3S/c23-15-2-1-3-16(24)18(15)19-14(13-5-4-12(25)10-17(13)26)6-7-21(30)22(19,20(29)27-31-21)28-8-9-32-11-28/h1-7,10,30H,8-9,11H2,(H,27,29). The minimum absolute atomic E-state index is 0.0293. The van der Waals surface area contributed by atoms with Crippen molar-refractivity contribution in [2.45, 2.75) is 11.3 Å². The number of aliphatic hydroxyl groups is 1. The maximum Gasteiger partial charge on any atom is 0.274 e. The SMILES string of the molecule is O=C1NOC2(O)C=CC(c3ccc(F)cc3F)=C(c3c(Cl)cccc3Cl)C12N1CCSC1. The number of halogens is 4. The molecule has 2 N–H and O–H groups in total. The number of hydrogen-bond donors (Lipinski definition) is 2. The van der Waals surface area contributed by atoms with Crippen LogP contribution in [0.25, 0.3) is 11.1 Å². The second kappa shape index (κ2) is 7.83. The predicted molar refractivity (Wildman–Crippen MR) is 120 cm³/mol. The van der Waals surface area contributed by atoms with Crippen molar-refractivity contribution in [3.8, 4) is 0 Å². The number of carbonyl (C=O) groups is 1. The molecule has 2 aromatic rings. The van der Waals surface area contributed by atoms with Gasteiger partial charge in [-0.15, -0.1) is 11.8 Å². The minimum Gasteiger partial charge on any atom is -0.359 e. The van der Waals surface area contributed by atoms with Crippen LogP contribution in [0.2, 0.25) is 10.0 Å². The highest BCUT2D eigenvalue weighted by molar-refractivity contribution is 7.99. The lowest BCUT2D eigenvalue weighted by Gasteiger charge is -2.46. The molecule has 2 heterocycles. The second-order valence-corrected chi connectivity index (χ2v) is 9.47. The molecular formula is C22H16Cl2F2N2O3S. The van der Waals surface area contributed by atoms with Crippen LogP contribution in [0.3, 0.4) is 0 Å². The van der Waals surface area contributed by atoms with E-state index < -0.39 is 28.9 Å². The fraction of sp³-hybridized carbons (Fsp3) is 0.227. The lowest BCUT2D eigenvalue weighted by Crippen LogP contribution is -2.65. The first-order chi connectivity index (χ1) is 15.3. The third-order valence-corrected chi connectivity index (χ3v) is 7.51. The molecule has 0 spiro atoms. The summed E-state index contributed by atoms with van der Waals surface area (Å²) in [6.45, 7) is 0.447. The number of benzene rings is 2. The van der Waals surface area contributed by atoms with Gasteiger partial charge in [-0.25, -0.2) is 19.1 Å². The Morgan fingerprint density at radius 2 is 1.94 bits per heavy atom. The molecule has 2 saturated heterocycles. The first-order valence-corrected chi connectivity index (χ1v) is 11.6. The molecule has 0 saturated carbocycles. The lowest BCUT2D eigenvalue weighted by atomic mass is 9.70. The van der Waals surface area contributed by atoms with Gasteiger partial charge in [0, 0.05) is 51.0 Å². The van der Waals surface area contributed by atoms with E-state index >= 15 is 0 Å². The van der Waals surface area contributed by atoms with Crippen molar-refractivity contribution in [3.63, 3.8) is 0 Å². The molecule has 0 bridgehead atoms. The predicted octanol–water partition coefficient (Wildman–Crippen LogP) is 4.25. The van der Waals surface area contributed by atoms with E-state index in [-0.39, 0.29) is 32.3 Å². The Bertz CT molecular complexity index is 1180. The molecule has 2 unspecified atom stereocenters. The van der Waals surface area contributed by atoms with Gasteiger partial charge in [0.1, 0.15) is 11.6 Å². The maximum atomic E-state index is 15.0. The quantitative estimate of drug-likeness (QED) is 0.665. The van der Waals surface area contributed by atoms with Gasteiger partial charge < -0.3 is 5.11 Å². The van der Waals surface area contributed by atoms with Gasteiger partial charge >= 0.3 is 0 Å². The van der Waals surface area contributed by atoms with E-state index in [4.69, 9.17) is 28.0 Å². The largest absolute Gasteiger partial charge is 0.359 e. The molecule has 1 aliphatic carbocycles. The van der Waals surface area contributed by atoms with Crippen molar-refractivity contribution < 1.29 is 23.5 Å². The van der Waals surface area contributed by atoms with Crippen LogP contribution >= 0.6 is 35.0 Å². The van der Waals surface area contributed by atoms with Crippen LogP contribution in [0.5, 0.6) is 0 Å². The summed E-state index contributed by atoms with van der Waals surface area (Å²) in [5, 5.41) is 12.0. The van der Waals surface area contributed by atoms with Crippen molar-refractivity contribution in [1.82, 2.24) is 10.4 Å². The normalized spacial score (nSPS) is 27.7. The van der Waals surface area contributed by atoms with E-state index in [1.165, 1.54) is 18.2 Å². The third kappa shape index (κ3) is 2.98. The van der Waals surface area contributed by atoms with Gasteiger partial charge in [-0.05, 0) is 35.9 Å². The van der Waals surface area contributed by atoms with Crippen molar-refractivity contribution in [1.29, 1.82) is 0 Å². The monoisotopic (exact) mass is 496 g/mol. The Labute approximate surface area is 196 Å². The van der Waals surface area contributed by atoms with Gasteiger partial charge in [0.2, 0.25) is 5.79 Å². The summed E-state index contributed by atoms with van der Waals surface area (Å²) in [5.41, 5.74) is 1.19. The summed E-state index contributed by atoms with van der Waals surface area (Å²) in [7, 11) is 0. The van der Waals surface area contributed by atoms with E-state index in [0.29, 0.717) is 18.2 Å². The Kier molecular flexibility index (Phi) is 5.35. The Morgan fingerprint density at radius 3 is 2.59 bits per heavy atom. The Morgan fingerprint density at radius 1 is 1.19 bits per heavy atom. The van der Waals surface area contributed by atoms with Crippen LogP contribution in [0.15, 0.2) is 48.6 Å². The van der Waals surface area contributed by atoms with E-state index in [9.17, 15) is 18.7 Å². The number of hydrogen-bond acceptors (Lipinski definition) is 5. The second-order valence-electron chi connectivity index (χ2n) is 7.58. The van der Waals surface area contributed by atoms with E-state index in [0.717, 1.165) is 12.1 Å². The number of nitrogens with zero attached hydrogens (tertiary/aromatic N) is 1. The molecule has 10 heteroatoms. The number of hydroxylamine groups is 1.